The minimum Gasteiger partial charge on any atom is -0.341 e. The fraction of sp³-hybridized carbons (Fsp3) is 0.533. The molecule has 1 unspecified atom stereocenters. The monoisotopic (exact) mass is 347 g/mol. The smallest absolute Gasteiger partial charge is 0.323 e. The zero-order valence-electron chi connectivity index (χ0n) is 14.0. The van der Waals surface area contributed by atoms with Crippen LogP contribution < -0.4 is 5.69 Å². The first kappa shape index (κ1) is 16.9. The predicted molar refractivity (Wildman–Crippen MR) is 87.7 cm³/mol. The highest BCUT2D eigenvalue weighted by Gasteiger charge is 2.26. The topological polar surface area (TPSA) is 120 Å². The van der Waals surface area contributed by atoms with Gasteiger partial charge in [-0.15, -0.1) is 0 Å². The molecule has 3 heterocycles. The van der Waals surface area contributed by atoms with Gasteiger partial charge in [-0.25, -0.2) is 9.78 Å². The number of carbonyl (C=O) groups is 2. The highest BCUT2D eigenvalue weighted by atomic mass is 16.2. The molecule has 0 aromatic carbocycles. The van der Waals surface area contributed by atoms with Gasteiger partial charge in [0.2, 0.25) is 5.91 Å². The average molecular weight is 347 g/mol. The van der Waals surface area contributed by atoms with Gasteiger partial charge >= 0.3 is 5.69 Å². The van der Waals surface area contributed by atoms with Gasteiger partial charge in [-0.3, -0.25) is 14.3 Å². The molecule has 134 valence electrons. The maximum Gasteiger partial charge on any atom is 0.323 e. The van der Waals surface area contributed by atoms with Crippen molar-refractivity contribution < 1.29 is 9.59 Å². The summed E-state index contributed by atoms with van der Waals surface area (Å²) < 4.78 is 1.64. The first-order valence-electron chi connectivity index (χ1n) is 8.23. The van der Waals surface area contributed by atoms with Crippen molar-refractivity contribution >= 4 is 11.8 Å². The molecule has 1 fully saturated rings. The minimum absolute atomic E-state index is 0.0415. The number of hydrogen-bond donors (Lipinski definition) is 2. The number of amides is 2. The number of hydrogen-bond acceptors (Lipinski definition) is 5. The number of nitrogens with one attached hydrogen (secondary N) is 2. The maximum absolute atomic E-state index is 12.6. The lowest BCUT2D eigenvalue weighted by Gasteiger charge is -2.24. The molecule has 3 rings (SSSR count). The number of rotatable bonds is 4. The Hall–Kier alpha value is -2.91. The summed E-state index contributed by atoms with van der Waals surface area (Å²) in [7, 11) is 0. The first-order chi connectivity index (χ1) is 12.0. The molecule has 10 nitrogen and oxygen atoms in total. The summed E-state index contributed by atoms with van der Waals surface area (Å²) in [6.45, 7) is 4.40. The second kappa shape index (κ2) is 7.32. The minimum atomic E-state index is -0.406. The Morgan fingerprint density at radius 3 is 2.68 bits per heavy atom. The Morgan fingerprint density at radius 2 is 2.00 bits per heavy atom. The summed E-state index contributed by atoms with van der Waals surface area (Å²) in [6.07, 6.45) is 5.10. The summed E-state index contributed by atoms with van der Waals surface area (Å²) >= 11 is 0. The summed E-state index contributed by atoms with van der Waals surface area (Å²) in [5.41, 5.74) is -0.166. The summed E-state index contributed by atoms with van der Waals surface area (Å²) in [6, 6.07) is 0. The number of H-pyrrole nitrogens is 2. The SMILES string of the molecule is CC(Cn1cncn1)C(=O)N1CCCN(C(=O)c2c[nH]c(=O)[nH]2)CC1. The number of aromatic amines is 2. The maximum atomic E-state index is 12.6. The molecule has 2 amide bonds. The van der Waals surface area contributed by atoms with E-state index in [2.05, 4.69) is 20.1 Å². The van der Waals surface area contributed by atoms with Gasteiger partial charge in [0.25, 0.3) is 5.91 Å². The molecule has 2 N–H and O–H groups in total. The first-order valence-corrected chi connectivity index (χ1v) is 8.23. The van der Waals surface area contributed by atoms with E-state index in [4.69, 9.17) is 0 Å². The molecule has 0 aliphatic carbocycles. The molecule has 0 radical (unpaired) electrons. The van der Waals surface area contributed by atoms with Crippen LogP contribution in [0.1, 0.15) is 23.8 Å². The number of nitrogens with zero attached hydrogens (tertiary/aromatic N) is 5. The van der Waals surface area contributed by atoms with Crippen molar-refractivity contribution in [3.63, 3.8) is 0 Å². The zero-order valence-corrected chi connectivity index (χ0v) is 14.0. The number of carbonyl (C=O) groups excluding carboxylic acids is 2. The zero-order chi connectivity index (χ0) is 17.8. The molecular weight excluding hydrogens is 326 g/mol. The Morgan fingerprint density at radius 1 is 1.24 bits per heavy atom. The van der Waals surface area contributed by atoms with Crippen molar-refractivity contribution in [2.24, 2.45) is 5.92 Å². The Kier molecular flexibility index (Phi) is 4.96. The van der Waals surface area contributed by atoms with Gasteiger partial charge in [-0.2, -0.15) is 5.10 Å². The molecule has 0 spiro atoms. The fourth-order valence-electron chi connectivity index (χ4n) is 2.96. The van der Waals surface area contributed by atoms with E-state index >= 15 is 0 Å². The number of aromatic nitrogens is 5. The van der Waals surface area contributed by atoms with Crippen molar-refractivity contribution in [2.45, 2.75) is 19.9 Å². The highest BCUT2D eigenvalue weighted by molar-refractivity contribution is 5.92. The second-order valence-electron chi connectivity index (χ2n) is 6.15. The molecule has 1 atom stereocenters. The molecular formula is C15H21N7O3. The van der Waals surface area contributed by atoms with E-state index in [1.807, 2.05) is 6.92 Å². The van der Waals surface area contributed by atoms with Crippen LogP contribution in [0.5, 0.6) is 0 Å². The van der Waals surface area contributed by atoms with Crippen molar-refractivity contribution in [2.75, 3.05) is 26.2 Å². The van der Waals surface area contributed by atoms with Crippen LogP contribution in [0.25, 0.3) is 0 Å². The normalized spacial score (nSPS) is 16.5. The van der Waals surface area contributed by atoms with Crippen LogP contribution in [-0.4, -0.2) is 72.5 Å². The van der Waals surface area contributed by atoms with Crippen molar-refractivity contribution in [1.82, 2.24) is 34.5 Å². The van der Waals surface area contributed by atoms with Gasteiger partial charge < -0.3 is 19.8 Å². The average Bonchev–Trinajstić information content (AvgIpc) is 3.19. The van der Waals surface area contributed by atoms with Crippen LogP contribution in [0.4, 0.5) is 0 Å². The molecule has 1 aliphatic rings. The van der Waals surface area contributed by atoms with E-state index in [0.717, 1.165) is 0 Å². The summed E-state index contributed by atoms with van der Waals surface area (Å²) in [5, 5.41) is 4.02. The van der Waals surface area contributed by atoms with Crippen LogP contribution >= 0.6 is 0 Å². The van der Waals surface area contributed by atoms with Gasteiger partial charge in [-0.1, -0.05) is 6.92 Å². The molecule has 0 bridgehead atoms. The quantitative estimate of drug-likeness (QED) is 0.758. The molecule has 0 saturated carbocycles. The molecule has 1 aliphatic heterocycles. The van der Waals surface area contributed by atoms with E-state index in [1.165, 1.54) is 12.5 Å². The van der Waals surface area contributed by atoms with E-state index < -0.39 is 5.69 Å². The third-order valence-corrected chi connectivity index (χ3v) is 4.27. The van der Waals surface area contributed by atoms with E-state index in [1.54, 1.807) is 20.8 Å². The van der Waals surface area contributed by atoms with Crippen LogP contribution in [0.2, 0.25) is 0 Å². The third kappa shape index (κ3) is 3.95. The van der Waals surface area contributed by atoms with Gasteiger partial charge in [-0.05, 0) is 6.42 Å². The van der Waals surface area contributed by atoms with Crippen LogP contribution in [0.15, 0.2) is 23.6 Å². The molecule has 25 heavy (non-hydrogen) atoms. The standard InChI is InChI=1S/C15H21N7O3/c1-11(8-22-10-16-9-18-22)13(23)20-3-2-4-21(6-5-20)14(24)12-7-17-15(25)19-12/h7,9-11H,2-6,8H2,1H3,(H2,17,19,25). The van der Waals surface area contributed by atoms with E-state index in [0.29, 0.717) is 39.1 Å². The van der Waals surface area contributed by atoms with E-state index in [9.17, 15) is 14.4 Å². The van der Waals surface area contributed by atoms with Gasteiger partial charge in [0.1, 0.15) is 18.3 Å². The molecule has 2 aromatic rings. The third-order valence-electron chi connectivity index (χ3n) is 4.27. The lowest BCUT2D eigenvalue weighted by molar-refractivity contribution is -0.135. The number of imidazole rings is 1. The summed E-state index contributed by atoms with van der Waals surface area (Å²) in [4.78, 5) is 48.4. The molecule has 2 aromatic heterocycles. The van der Waals surface area contributed by atoms with Gasteiger partial charge in [0, 0.05) is 32.4 Å². The summed E-state index contributed by atoms with van der Waals surface area (Å²) in [5.74, 6) is -0.409. The molecule has 1 saturated heterocycles. The predicted octanol–water partition coefficient (Wildman–Crippen LogP) is -0.695. The van der Waals surface area contributed by atoms with Crippen molar-refractivity contribution in [3.05, 3.63) is 35.0 Å². The highest BCUT2D eigenvalue weighted by Crippen LogP contribution is 2.11. The second-order valence-corrected chi connectivity index (χ2v) is 6.15. The van der Waals surface area contributed by atoms with Crippen molar-refractivity contribution in [1.29, 1.82) is 0 Å². The van der Waals surface area contributed by atoms with Crippen LogP contribution in [-0.2, 0) is 11.3 Å². The Bertz CT molecular complexity index is 779. The van der Waals surface area contributed by atoms with E-state index in [-0.39, 0.29) is 23.4 Å². The Balaban J connectivity index is 1.58. The van der Waals surface area contributed by atoms with Gasteiger partial charge in [0.15, 0.2) is 0 Å². The fourth-order valence-corrected chi connectivity index (χ4v) is 2.96. The van der Waals surface area contributed by atoms with Crippen LogP contribution in [0.3, 0.4) is 0 Å². The van der Waals surface area contributed by atoms with Crippen LogP contribution in [0, 0.1) is 5.92 Å². The lowest BCUT2D eigenvalue weighted by atomic mass is 10.1. The largest absolute Gasteiger partial charge is 0.341 e. The van der Waals surface area contributed by atoms with Gasteiger partial charge in [0.05, 0.1) is 12.5 Å². The lowest BCUT2D eigenvalue weighted by Crippen LogP contribution is -2.40. The molecule has 10 heteroatoms. The Labute approximate surface area is 143 Å². The van der Waals surface area contributed by atoms with Crippen molar-refractivity contribution in [3.8, 4) is 0 Å².